The number of hydrogen-bond acceptors (Lipinski definition) is 5. The van der Waals surface area contributed by atoms with Crippen molar-refractivity contribution in [3.8, 4) is 5.75 Å². The van der Waals surface area contributed by atoms with Gasteiger partial charge >= 0.3 is 0 Å². The molecule has 0 saturated heterocycles. The molecule has 8 nitrogen and oxygen atoms in total. The Kier molecular flexibility index (Phi) is 6.21. The molecule has 2 aromatic carbocycles. The van der Waals surface area contributed by atoms with Crippen molar-refractivity contribution in [1.29, 1.82) is 0 Å². The molecular formula is C20H22BrN3O5S. The number of nitrogens with zero attached hydrogens (tertiary/aromatic N) is 1. The fourth-order valence-corrected chi connectivity index (χ4v) is 4.59. The van der Waals surface area contributed by atoms with Crippen molar-refractivity contribution >= 4 is 49.1 Å². The summed E-state index contributed by atoms with van der Waals surface area (Å²) in [7, 11) is -2.62. The van der Waals surface area contributed by atoms with Crippen LogP contribution >= 0.6 is 15.9 Å². The van der Waals surface area contributed by atoms with Gasteiger partial charge in [0.15, 0.2) is 6.10 Å². The lowest BCUT2D eigenvalue weighted by Gasteiger charge is -2.25. The predicted molar refractivity (Wildman–Crippen MR) is 117 cm³/mol. The highest BCUT2D eigenvalue weighted by atomic mass is 79.9. The molecule has 0 aliphatic carbocycles. The van der Waals surface area contributed by atoms with Crippen molar-refractivity contribution in [3.05, 3.63) is 45.9 Å². The smallest absolute Gasteiger partial charge is 0.265 e. The van der Waals surface area contributed by atoms with Crippen LogP contribution < -0.4 is 15.4 Å². The molecule has 30 heavy (non-hydrogen) atoms. The minimum absolute atomic E-state index is 0.0133. The molecule has 2 N–H and O–H groups in total. The van der Waals surface area contributed by atoms with E-state index in [0.717, 1.165) is 14.3 Å². The number of sulfonamides is 1. The van der Waals surface area contributed by atoms with Gasteiger partial charge in [-0.05, 0) is 56.2 Å². The van der Waals surface area contributed by atoms with Gasteiger partial charge in [-0.2, -0.15) is 4.31 Å². The van der Waals surface area contributed by atoms with Crippen LogP contribution in [0.2, 0.25) is 0 Å². The number of hydrogen-bond donors (Lipinski definition) is 2. The quantitative estimate of drug-likeness (QED) is 0.662. The van der Waals surface area contributed by atoms with Crippen molar-refractivity contribution in [3.63, 3.8) is 0 Å². The van der Waals surface area contributed by atoms with E-state index >= 15 is 0 Å². The molecule has 0 bridgehead atoms. The van der Waals surface area contributed by atoms with Gasteiger partial charge in [0, 0.05) is 23.3 Å². The van der Waals surface area contributed by atoms with E-state index in [1.54, 1.807) is 32.0 Å². The Morgan fingerprint density at radius 2 is 1.93 bits per heavy atom. The summed E-state index contributed by atoms with van der Waals surface area (Å²) in [6, 6.07) is 8.25. The average molecular weight is 496 g/mol. The molecule has 10 heteroatoms. The number of benzene rings is 2. The number of halogens is 1. The first-order valence-electron chi connectivity index (χ1n) is 9.13. The molecule has 3 rings (SSSR count). The number of nitrogens with one attached hydrogen (secondary N) is 2. The zero-order valence-corrected chi connectivity index (χ0v) is 19.3. The molecule has 160 valence electrons. The fourth-order valence-electron chi connectivity index (χ4n) is 3.00. The molecule has 1 unspecified atom stereocenters. The summed E-state index contributed by atoms with van der Waals surface area (Å²) >= 11 is 3.39. The third-order valence-electron chi connectivity index (χ3n) is 4.70. The molecule has 1 aliphatic heterocycles. The molecule has 0 aromatic heterocycles. The lowest BCUT2D eigenvalue weighted by molar-refractivity contribution is -0.122. The molecule has 0 saturated carbocycles. The maximum Gasteiger partial charge on any atom is 0.265 e. The molecule has 0 spiro atoms. The second-order valence-electron chi connectivity index (χ2n) is 7.14. The highest BCUT2D eigenvalue weighted by Crippen LogP contribution is 2.35. The van der Waals surface area contributed by atoms with Gasteiger partial charge in [-0.1, -0.05) is 15.9 Å². The Bertz CT molecular complexity index is 1130. The van der Waals surface area contributed by atoms with Crippen molar-refractivity contribution in [2.75, 3.05) is 24.2 Å². The van der Waals surface area contributed by atoms with E-state index in [0.29, 0.717) is 16.9 Å². The summed E-state index contributed by atoms with van der Waals surface area (Å²) < 4.78 is 33.5. The Balaban J connectivity index is 1.79. The molecule has 0 radical (unpaired) electrons. The maximum absolute atomic E-state index is 13.1. The van der Waals surface area contributed by atoms with Gasteiger partial charge in [0.2, 0.25) is 15.9 Å². The van der Waals surface area contributed by atoms with Crippen molar-refractivity contribution < 1.29 is 22.7 Å². The maximum atomic E-state index is 13.1. The molecule has 0 fully saturated rings. The molecule has 2 aromatic rings. The Labute approximate surface area is 183 Å². The summed E-state index contributed by atoms with van der Waals surface area (Å²) in [5.74, 6) is -0.487. The second-order valence-corrected chi connectivity index (χ2v) is 10.0. The Morgan fingerprint density at radius 1 is 1.23 bits per heavy atom. The Hall–Kier alpha value is -2.43. The van der Waals surface area contributed by atoms with Crippen LogP contribution in [-0.2, 0) is 19.6 Å². The summed E-state index contributed by atoms with van der Waals surface area (Å²) in [5.41, 5.74) is 2.37. The first-order valence-corrected chi connectivity index (χ1v) is 11.4. The fraction of sp³-hybridized carbons (Fsp3) is 0.300. The minimum Gasteiger partial charge on any atom is -0.479 e. The van der Waals surface area contributed by atoms with Crippen LogP contribution in [0.15, 0.2) is 39.7 Å². The summed E-state index contributed by atoms with van der Waals surface area (Å²) in [6.45, 7) is 4.73. The largest absolute Gasteiger partial charge is 0.479 e. The SMILES string of the molecule is Cc1cc(NC(=O)CN(C)S(=O)(=O)c2cc3c(cc2C)NC(=O)C(C)O3)ccc1Br. The van der Waals surface area contributed by atoms with Crippen LogP contribution in [0.25, 0.3) is 0 Å². The molecule has 1 aliphatic rings. The van der Waals surface area contributed by atoms with Gasteiger partial charge in [0.1, 0.15) is 5.75 Å². The van der Waals surface area contributed by atoms with Crippen LogP contribution in [0.4, 0.5) is 11.4 Å². The van der Waals surface area contributed by atoms with E-state index in [2.05, 4.69) is 26.6 Å². The number of amides is 2. The van der Waals surface area contributed by atoms with Gasteiger partial charge in [0.25, 0.3) is 5.91 Å². The number of carbonyl (C=O) groups excluding carboxylic acids is 2. The highest BCUT2D eigenvalue weighted by Gasteiger charge is 2.30. The lowest BCUT2D eigenvalue weighted by atomic mass is 10.1. The van der Waals surface area contributed by atoms with E-state index in [1.165, 1.54) is 13.1 Å². The second kappa shape index (κ2) is 8.37. The van der Waals surface area contributed by atoms with Crippen molar-refractivity contribution in [2.45, 2.75) is 31.8 Å². The number of aryl methyl sites for hydroxylation is 2. The predicted octanol–water partition coefficient (Wildman–Crippen LogP) is 3.04. The molecule has 2 amide bonds. The van der Waals surface area contributed by atoms with Gasteiger partial charge < -0.3 is 15.4 Å². The third-order valence-corrected chi connectivity index (χ3v) is 7.54. The number of anilines is 2. The lowest BCUT2D eigenvalue weighted by Crippen LogP contribution is -2.36. The van der Waals surface area contributed by atoms with Gasteiger partial charge in [-0.3, -0.25) is 9.59 Å². The van der Waals surface area contributed by atoms with Crippen molar-refractivity contribution in [2.24, 2.45) is 0 Å². The van der Waals surface area contributed by atoms with Gasteiger partial charge in [0.05, 0.1) is 17.1 Å². The van der Waals surface area contributed by atoms with E-state index < -0.39 is 22.0 Å². The van der Waals surface area contributed by atoms with Gasteiger partial charge in [-0.15, -0.1) is 0 Å². The van der Waals surface area contributed by atoms with Crippen LogP contribution in [0.5, 0.6) is 5.75 Å². The number of rotatable bonds is 5. The van der Waals surface area contributed by atoms with E-state index in [4.69, 9.17) is 4.74 Å². The number of ether oxygens (including phenoxy) is 1. The van der Waals surface area contributed by atoms with E-state index in [-0.39, 0.29) is 23.1 Å². The first kappa shape index (κ1) is 22.3. The summed E-state index contributed by atoms with van der Waals surface area (Å²) in [4.78, 5) is 24.2. The van der Waals surface area contributed by atoms with Crippen molar-refractivity contribution in [1.82, 2.24) is 4.31 Å². The van der Waals surface area contributed by atoms with Crippen LogP contribution in [-0.4, -0.2) is 44.2 Å². The average Bonchev–Trinajstić information content (AvgIpc) is 2.65. The third kappa shape index (κ3) is 4.50. The van der Waals surface area contributed by atoms with E-state index in [1.807, 2.05) is 13.0 Å². The van der Waals surface area contributed by atoms with Crippen LogP contribution in [0.1, 0.15) is 18.1 Å². The number of likely N-dealkylation sites (N-methyl/N-ethyl adjacent to an activating group) is 1. The Morgan fingerprint density at radius 3 is 2.60 bits per heavy atom. The molecule has 1 atom stereocenters. The molecule has 1 heterocycles. The number of carbonyl (C=O) groups is 2. The molecular weight excluding hydrogens is 474 g/mol. The highest BCUT2D eigenvalue weighted by molar-refractivity contribution is 9.10. The van der Waals surface area contributed by atoms with Gasteiger partial charge in [-0.25, -0.2) is 8.42 Å². The van der Waals surface area contributed by atoms with Crippen LogP contribution in [0, 0.1) is 13.8 Å². The standard InChI is InChI=1S/C20H22BrN3O5S/c1-11-7-14(5-6-15(11)21)22-19(25)10-24(4)30(27,28)18-9-17-16(8-12(18)2)23-20(26)13(3)29-17/h5-9,13H,10H2,1-4H3,(H,22,25)(H,23,26). The zero-order chi connectivity index (χ0) is 22.2. The summed E-state index contributed by atoms with van der Waals surface area (Å²) in [6.07, 6.45) is -0.728. The summed E-state index contributed by atoms with van der Waals surface area (Å²) in [5, 5.41) is 5.39. The van der Waals surface area contributed by atoms with Crippen LogP contribution in [0.3, 0.4) is 0 Å². The van der Waals surface area contributed by atoms with E-state index in [9.17, 15) is 18.0 Å². The monoisotopic (exact) mass is 495 g/mol. The number of fused-ring (bicyclic) bond motifs is 1. The topological polar surface area (TPSA) is 105 Å². The zero-order valence-electron chi connectivity index (χ0n) is 16.9. The normalized spacial score (nSPS) is 15.9. The first-order chi connectivity index (χ1) is 14.0. The minimum atomic E-state index is -3.96.